The van der Waals surface area contributed by atoms with E-state index in [4.69, 9.17) is 21.4 Å². The maximum absolute atomic E-state index is 14.0. The lowest BCUT2D eigenvalue weighted by molar-refractivity contribution is 0.129. The van der Waals surface area contributed by atoms with Crippen molar-refractivity contribution in [1.29, 1.82) is 0 Å². The van der Waals surface area contributed by atoms with Crippen molar-refractivity contribution < 1.29 is 19.0 Å². The summed E-state index contributed by atoms with van der Waals surface area (Å²) in [5.41, 5.74) is 2.78. The fourth-order valence-corrected chi connectivity index (χ4v) is 3.42. The number of nitrogens with zero attached hydrogens (tertiary/aromatic N) is 3. The molecule has 0 radical (unpaired) electrons. The number of aromatic amines is 1. The Balaban J connectivity index is 1.60. The summed E-state index contributed by atoms with van der Waals surface area (Å²) in [4.78, 5) is 23.9. The smallest absolute Gasteiger partial charge is 0.407 e. The van der Waals surface area contributed by atoms with E-state index in [9.17, 15) is 9.18 Å². The molecule has 1 saturated heterocycles. The number of benzene rings is 1. The van der Waals surface area contributed by atoms with E-state index in [0.29, 0.717) is 16.4 Å². The Labute approximate surface area is 158 Å². The number of carboxylic acid groups (broad SMARTS) is 1. The van der Waals surface area contributed by atoms with E-state index in [-0.39, 0.29) is 19.0 Å². The first-order valence-corrected chi connectivity index (χ1v) is 8.70. The van der Waals surface area contributed by atoms with Gasteiger partial charge in [-0.3, -0.25) is 0 Å². The largest absolute Gasteiger partial charge is 0.468 e. The van der Waals surface area contributed by atoms with Gasteiger partial charge in [0, 0.05) is 17.1 Å². The highest BCUT2D eigenvalue weighted by Crippen LogP contribution is 2.32. The molecule has 3 heterocycles. The molecule has 0 saturated carbocycles. The number of aromatic nitrogens is 3. The van der Waals surface area contributed by atoms with Crippen LogP contribution in [0, 0.1) is 6.92 Å². The van der Waals surface area contributed by atoms with Gasteiger partial charge in [0.05, 0.1) is 35.5 Å². The summed E-state index contributed by atoms with van der Waals surface area (Å²) in [5.74, 6) is 0.191. The first-order valence-electron chi connectivity index (χ1n) is 8.32. The number of hydrogen-bond acceptors (Lipinski definition) is 4. The fourth-order valence-electron chi connectivity index (χ4n) is 3.19. The van der Waals surface area contributed by atoms with Crippen molar-refractivity contribution in [3.63, 3.8) is 0 Å². The highest BCUT2D eigenvalue weighted by Gasteiger charge is 2.37. The zero-order valence-electron chi connectivity index (χ0n) is 14.3. The van der Waals surface area contributed by atoms with Crippen LogP contribution in [0.5, 0.6) is 5.88 Å². The fraction of sp³-hybridized carbons (Fsp3) is 0.278. The predicted molar refractivity (Wildman–Crippen MR) is 98.0 cm³/mol. The molecule has 3 aromatic rings. The molecule has 4 rings (SSSR count). The minimum Gasteiger partial charge on any atom is -0.468 e. The number of ether oxygens (including phenoxy) is 1. The molecule has 1 fully saturated rings. The monoisotopic (exact) mass is 390 g/mol. The third-order valence-corrected chi connectivity index (χ3v) is 4.89. The van der Waals surface area contributed by atoms with Gasteiger partial charge in [-0.25, -0.2) is 19.2 Å². The van der Waals surface area contributed by atoms with Crippen molar-refractivity contribution in [2.45, 2.75) is 19.2 Å². The summed E-state index contributed by atoms with van der Waals surface area (Å²) in [7, 11) is 0. The van der Waals surface area contributed by atoms with Gasteiger partial charge in [0.25, 0.3) is 0 Å². The third-order valence-electron chi connectivity index (χ3n) is 4.57. The third kappa shape index (κ3) is 3.16. The van der Waals surface area contributed by atoms with Crippen LogP contribution in [0.25, 0.3) is 22.2 Å². The molecule has 7 nitrogen and oxygen atoms in total. The zero-order chi connectivity index (χ0) is 19.1. The van der Waals surface area contributed by atoms with Gasteiger partial charge < -0.3 is 19.7 Å². The van der Waals surface area contributed by atoms with Crippen LogP contribution in [0.1, 0.15) is 5.69 Å². The summed E-state index contributed by atoms with van der Waals surface area (Å²) in [6, 6.07) is 5.59. The van der Waals surface area contributed by atoms with E-state index in [1.807, 2.05) is 12.1 Å². The molecular weight excluding hydrogens is 375 g/mol. The SMILES string of the molecule is Cc1nc(-c2c[nH]c3c(Cl)cccc23)cnc1OC1CN(C(=O)O)CC1F. The molecule has 1 aromatic carbocycles. The van der Waals surface area contributed by atoms with Crippen molar-refractivity contribution >= 4 is 28.6 Å². The molecule has 27 heavy (non-hydrogen) atoms. The van der Waals surface area contributed by atoms with Crippen LogP contribution in [0.2, 0.25) is 5.02 Å². The normalized spacial score (nSPS) is 19.6. The Bertz CT molecular complexity index is 1030. The molecule has 2 N–H and O–H groups in total. The maximum Gasteiger partial charge on any atom is 0.407 e. The van der Waals surface area contributed by atoms with Crippen LogP contribution in [-0.4, -0.2) is 56.4 Å². The highest BCUT2D eigenvalue weighted by atomic mass is 35.5. The average molecular weight is 391 g/mol. The van der Waals surface area contributed by atoms with Gasteiger partial charge in [0.1, 0.15) is 5.69 Å². The standard InChI is InChI=1S/C18H16ClFN4O3/c1-9-17(27-15-8-24(18(25)26)7-13(15)20)22-6-14(23-9)11-5-21-16-10(11)3-2-4-12(16)19/h2-6,13,15,21H,7-8H2,1H3,(H,25,26). The lowest BCUT2D eigenvalue weighted by atomic mass is 10.1. The molecular formula is C18H16ClFN4O3. The Morgan fingerprint density at radius 3 is 2.96 bits per heavy atom. The van der Waals surface area contributed by atoms with E-state index in [2.05, 4.69) is 15.0 Å². The van der Waals surface area contributed by atoms with Gasteiger partial charge in [0.2, 0.25) is 5.88 Å². The zero-order valence-corrected chi connectivity index (χ0v) is 15.1. The summed E-state index contributed by atoms with van der Waals surface area (Å²) in [5, 5.41) is 10.5. The Hall–Kier alpha value is -2.87. The predicted octanol–water partition coefficient (Wildman–Crippen LogP) is 3.67. The van der Waals surface area contributed by atoms with E-state index in [0.717, 1.165) is 21.4 Å². The second kappa shape index (κ2) is 6.70. The minimum atomic E-state index is -1.40. The molecule has 1 aliphatic rings. The number of aryl methyl sites for hydroxylation is 1. The molecule has 140 valence electrons. The molecule has 0 spiro atoms. The topological polar surface area (TPSA) is 91.3 Å². The molecule has 0 aliphatic carbocycles. The number of H-pyrrole nitrogens is 1. The van der Waals surface area contributed by atoms with Gasteiger partial charge in [-0.2, -0.15) is 0 Å². The Morgan fingerprint density at radius 2 is 2.26 bits per heavy atom. The van der Waals surface area contributed by atoms with Gasteiger partial charge in [-0.15, -0.1) is 0 Å². The second-order valence-electron chi connectivity index (χ2n) is 6.37. The molecule has 0 bridgehead atoms. The number of halogens is 2. The van der Waals surface area contributed by atoms with Gasteiger partial charge in [0.15, 0.2) is 12.3 Å². The van der Waals surface area contributed by atoms with E-state index in [1.54, 1.807) is 25.4 Å². The van der Waals surface area contributed by atoms with Crippen molar-refractivity contribution in [2.75, 3.05) is 13.1 Å². The van der Waals surface area contributed by atoms with Crippen LogP contribution in [0.4, 0.5) is 9.18 Å². The van der Waals surface area contributed by atoms with Crippen molar-refractivity contribution in [1.82, 2.24) is 19.9 Å². The first kappa shape index (κ1) is 17.5. The molecule has 1 aliphatic heterocycles. The number of hydrogen-bond donors (Lipinski definition) is 2. The molecule has 1 amide bonds. The quantitative estimate of drug-likeness (QED) is 0.712. The van der Waals surface area contributed by atoms with Crippen LogP contribution in [0.3, 0.4) is 0 Å². The van der Waals surface area contributed by atoms with Crippen molar-refractivity contribution in [3.05, 3.63) is 41.3 Å². The number of rotatable bonds is 3. The number of para-hydroxylation sites is 1. The van der Waals surface area contributed by atoms with Crippen molar-refractivity contribution in [2.24, 2.45) is 0 Å². The number of nitrogens with one attached hydrogen (secondary N) is 1. The van der Waals surface area contributed by atoms with Gasteiger partial charge in [-0.1, -0.05) is 23.7 Å². The number of fused-ring (bicyclic) bond motifs is 1. The maximum atomic E-state index is 14.0. The van der Waals surface area contributed by atoms with Gasteiger partial charge in [-0.05, 0) is 13.0 Å². The Kier molecular flexibility index (Phi) is 4.35. The van der Waals surface area contributed by atoms with Crippen LogP contribution < -0.4 is 4.74 Å². The lowest BCUT2D eigenvalue weighted by Crippen LogP contribution is -2.30. The summed E-state index contributed by atoms with van der Waals surface area (Å²) < 4.78 is 19.6. The van der Waals surface area contributed by atoms with E-state index < -0.39 is 18.4 Å². The number of carbonyl (C=O) groups is 1. The molecule has 2 aromatic heterocycles. The highest BCUT2D eigenvalue weighted by molar-refractivity contribution is 6.35. The van der Waals surface area contributed by atoms with Crippen LogP contribution >= 0.6 is 11.6 Å². The van der Waals surface area contributed by atoms with E-state index in [1.165, 1.54) is 0 Å². The second-order valence-corrected chi connectivity index (χ2v) is 6.78. The molecule has 9 heteroatoms. The number of alkyl halides is 1. The van der Waals surface area contributed by atoms with Gasteiger partial charge >= 0.3 is 6.09 Å². The van der Waals surface area contributed by atoms with Crippen molar-refractivity contribution in [3.8, 4) is 17.1 Å². The number of amides is 1. The summed E-state index contributed by atoms with van der Waals surface area (Å²) >= 11 is 6.19. The van der Waals surface area contributed by atoms with Crippen LogP contribution in [-0.2, 0) is 0 Å². The average Bonchev–Trinajstić information content (AvgIpc) is 3.22. The minimum absolute atomic E-state index is 0.0414. The van der Waals surface area contributed by atoms with E-state index >= 15 is 0 Å². The first-order chi connectivity index (χ1) is 12.9. The lowest BCUT2D eigenvalue weighted by Gasteiger charge is -2.16. The number of likely N-dealkylation sites (tertiary alicyclic amines) is 1. The molecule has 2 atom stereocenters. The molecule has 2 unspecified atom stereocenters. The Morgan fingerprint density at radius 1 is 1.44 bits per heavy atom. The summed E-state index contributed by atoms with van der Waals surface area (Å²) in [6.45, 7) is 1.46. The summed E-state index contributed by atoms with van der Waals surface area (Å²) in [6.07, 6.45) is -0.118. The van der Waals surface area contributed by atoms with Crippen LogP contribution in [0.15, 0.2) is 30.6 Å².